The third-order valence-electron chi connectivity index (χ3n) is 2.21. The van der Waals surface area contributed by atoms with Crippen molar-refractivity contribution in [3.8, 4) is 11.5 Å². The van der Waals surface area contributed by atoms with Crippen LogP contribution in [-0.4, -0.2) is 14.2 Å². The van der Waals surface area contributed by atoms with Crippen molar-refractivity contribution < 1.29 is 13.9 Å². The highest BCUT2D eigenvalue weighted by molar-refractivity contribution is 9.10. The molecule has 0 aliphatic heterocycles. The average molecular weight is 292 g/mol. The average Bonchev–Trinajstić information content (AvgIpc) is 2.14. The van der Waals surface area contributed by atoms with Gasteiger partial charge in [-0.15, -0.1) is 0 Å². The van der Waals surface area contributed by atoms with Gasteiger partial charge in [-0.2, -0.15) is 0 Å². The summed E-state index contributed by atoms with van der Waals surface area (Å²) < 4.78 is 24.5. The minimum Gasteiger partial charge on any atom is -0.493 e. The minimum atomic E-state index is -0.803. The van der Waals surface area contributed by atoms with E-state index < -0.39 is 11.4 Å². The number of methoxy groups -OCH3 is 2. The fraction of sp³-hybridized carbons (Fsp3) is 0.455. The molecular formula is C11H15BrFNO2. The van der Waals surface area contributed by atoms with Crippen LogP contribution in [0.15, 0.2) is 10.5 Å². The van der Waals surface area contributed by atoms with Crippen molar-refractivity contribution in [1.29, 1.82) is 0 Å². The molecule has 0 amide bonds. The molecule has 0 aliphatic rings. The molecule has 0 radical (unpaired) electrons. The number of benzene rings is 1. The van der Waals surface area contributed by atoms with Gasteiger partial charge in [0.15, 0.2) is 11.5 Å². The number of halogens is 2. The van der Waals surface area contributed by atoms with Gasteiger partial charge in [0.05, 0.1) is 18.7 Å². The summed E-state index contributed by atoms with van der Waals surface area (Å²) in [5.74, 6) is 0.356. The highest BCUT2D eigenvalue weighted by Gasteiger charge is 2.27. The van der Waals surface area contributed by atoms with Gasteiger partial charge in [0.25, 0.3) is 0 Å². The summed E-state index contributed by atoms with van der Waals surface area (Å²) in [4.78, 5) is 0. The van der Waals surface area contributed by atoms with E-state index in [9.17, 15) is 4.39 Å². The van der Waals surface area contributed by atoms with E-state index in [1.807, 2.05) is 0 Å². The normalized spacial score (nSPS) is 11.4. The molecule has 0 atom stereocenters. The van der Waals surface area contributed by atoms with Crippen molar-refractivity contribution in [2.75, 3.05) is 14.2 Å². The molecule has 0 heterocycles. The van der Waals surface area contributed by atoms with Crippen LogP contribution >= 0.6 is 15.9 Å². The fourth-order valence-electron chi connectivity index (χ4n) is 1.51. The van der Waals surface area contributed by atoms with Gasteiger partial charge in [-0.1, -0.05) is 0 Å². The van der Waals surface area contributed by atoms with Gasteiger partial charge < -0.3 is 15.2 Å². The maximum atomic E-state index is 13.9. The Labute approximate surface area is 103 Å². The topological polar surface area (TPSA) is 44.5 Å². The minimum absolute atomic E-state index is 0.333. The second kappa shape index (κ2) is 4.59. The number of hydrogen-bond acceptors (Lipinski definition) is 3. The number of rotatable bonds is 3. The Hall–Kier alpha value is -0.810. The highest BCUT2D eigenvalue weighted by Crippen LogP contribution is 2.42. The molecule has 0 fully saturated rings. The van der Waals surface area contributed by atoms with Crippen molar-refractivity contribution in [3.63, 3.8) is 0 Å². The van der Waals surface area contributed by atoms with Crippen molar-refractivity contribution in [2.24, 2.45) is 5.73 Å². The molecular weight excluding hydrogens is 277 g/mol. The van der Waals surface area contributed by atoms with Crippen LogP contribution < -0.4 is 15.2 Å². The first-order valence-electron chi connectivity index (χ1n) is 4.72. The van der Waals surface area contributed by atoms with E-state index in [2.05, 4.69) is 15.9 Å². The molecule has 0 aromatic heterocycles. The SMILES string of the molecule is COc1cc(F)c(C(C)(C)N)c(Br)c1OC. The van der Waals surface area contributed by atoms with Crippen LogP contribution in [-0.2, 0) is 5.54 Å². The van der Waals surface area contributed by atoms with E-state index in [1.54, 1.807) is 13.8 Å². The summed E-state index contributed by atoms with van der Waals surface area (Å²) >= 11 is 3.29. The third-order valence-corrected chi connectivity index (χ3v) is 2.96. The molecule has 3 nitrogen and oxygen atoms in total. The monoisotopic (exact) mass is 291 g/mol. The van der Waals surface area contributed by atoms with E-state index in [4.69, 9.17) is 15.2 Å². The van der Waals surface area contributed by atoms with Crippen molar-refractivity contribution >= 4 is 15.9 Å². The predicted octanol–water partition coefficient (Wildman–Crippen LogP) is 2.80. The van der Waals surface area contributed by atoms with Crippen LogP contribution in [0.4, 0.5) is 4.39 Å². The van der Waals surface area contributed by atoms with Crippen LogP contribution in [0.1, 0.15) is 19.4 Å². The van der Waals surface area contributed by atoms with Crippen molar-refractivity contribution in [3.05, 3.63) is 21.9 Å². The van der Waals surface area contributed by atoms with Gasteiger partial charge in [-0.25, -0.2) is 4.39 Å². The lowest BCUT2D eigenvalue weighted by Crippen LogP contribution is -2.30. The van der Waals surface area contributed by atoms with Crippen LogP contribution in [0.2, 0.25) is 0 Å². The van der Waals surface area contributed by atoms with Crippen LogP contribution in [0.25, 0.3) is 0 Å². The molecule has 0 saturated carbocycles. The Morgan fingerprint density at radius 2 is 1.88 bits per heavy atom. The molecule has 0 aliphatic carbocycles. The lowest BCUT2D eigenvalue weighted by atomic mass is 9.94. The smallest absolute Gasteiger partial charge is 0.175 e. The van der Waals surface area contributed by atoms with Gasteiger partial charge in [0, 0.05) is 17.2 Å². The quantitative estimate of drug-likeness (QED) is 0.931. The van der Waals surface area contributed by atoms with Crippen LogP contribution in [0.5, 0.6) is 11.5 Å². The Morgan fingerprint density at radius 3 is 2.25 bits per heavy atom. The molecule has 1 aromatic rings. The zero-order valence-corrected chi connectivity index (χ0v) is 11.3. The first-order chi connectivity index (χ1) is 7.32. The van der Waals surface area contributed by atoms with Gasteiger partial charge >= 0.3 is 0 Å². The second-order valence-corrected chi connectivity index (χ2v) is 4.80. The van der Waals surface area contributed by atoms with Crippen LogP contribution in [0, 0.1) is 5.82 Å². The number of ether oxygens (including phenoxy) is 2. The maximum absolute atomic E-state index is 13.9. The lowest BCUT2D eigenvalue weighted by Gasteiger charge is -2.23. The highest BCUT2D eigenvalue weighted by atomic mass is 79.9. The predicted molar refractivity (Wildman–Crippen MR) is 64.4 cm³/mol. The second-order valence-electron chi connectivity index (χ2n) is 4.00. The van der Waals surface area contributed by atoms with Gasteiger partial charge in [-0.05, 0) is 29.8 Å². The molecule has 5 heteroatoms. The summed E-state index contributed by atoms with van der Waals surface area (Å²) in [7, 11) is 2.95. The Kier molecular flexibility index (Phi) is 3.80. The molecule has 1 aromatic carbocycles. The summed E-state index contributed by atoms with van der Waals surface area (Å²) in [5.41, 5.74) is 5.47. The summed E-state index contributed by atoms with van der Waals surface area (Å²) in [6.45, 7) is 3.45. The van der Waals surface area contributed by atoms with E-state index in [1.165, 1.54) is 20.3 Å². The maximum Gasteiger partial charge on any atom is 0.175 e. The van der Waals surface area contributed by atoms with Gasteiger partial charge in [-0.3, -0.25) is 0 Å². The third kappa shape index (κ3) is 2.30. The summed E-state index contributed by atoms with van der Waals surface area (Å²) in [5, 5.41) is 0. The molecule has 90 valence electrons. The molecule has 2 N–H and O–H groups in total. The summed E-state index contributed by atoms with van der Waals surface area (Å²) in [6, 6.07) is 1.27. The Balaban J connectivity index is 3.54. The van der Waals surface area contributed by atoms with E-state index in [0.717, 1.165) is 0 Å². The Morgan fingerprint density at radius 1 is 1.31 bits per heavy atom. The summed E-state index contributed by atoms with van der Waals surface area (Å²) in [6.07, 6.45) is 0. The van der Waals surface area contributed by atoms with Gasteiger partial charge in [0.2, 0.25) is 0 Å². The number of nitrogens with two attached hydrogens (primary N) is 1. The Bertz CT molecular complexity index is 402. The van der Waals surface area contributed by atoms with Crippen LogP contribution in [0.3, 0.4) is 0 Å². The molecule has 0 unspecified atom stereocenters. The van der Waals surface area contributed by atoms with Gasteiger partial charge in [0.1, 0.15) is 5.82 Å². The lowest BCUT2D eigenvalue weighted by molar-refractivity contribution is 0.346. The molecule has 0 spiro atoms. The van der Waals surface area contributed by atoms with E-state index >= 15 is 0 Å². The number of hydrogen-bond donors (Lipinski definition) is 1. The van der Waals surface area contributed by atoms with E-state index in [-0.39, 0.29) is 0 Å². The molecule has 0 saturated heterocycles. The molecule has 0 bridgehead atoms. The zero-order valence-electron chi connectivity index (χ0n) is 9.73. The van der Waals surface area contributed by atoms with Crippen molar-refractivity contribution in [1.82, 2.24) is 0 Å². The first-order valence-corrected chi connectivity index (χ1v) is 5.51. The standard InChI is InChI=1S/C11H15BrFNO2/c1-11(2,14)8-6(13)5-7(15-3)10(16-4)9(8)12/h5H,14H2,1-4H3. The van der Waals surface area contributed by atoms with Crippen molar-refractivity contribution in [2.45, 2.75) is 19.4 Å². The fourth-order valence-corrected chi connectivity index (χ4v) is 2.57. The first kappa shape index (κ1) is 13.3. The largest absolute Gasteiger partial charge is 0.493 e. The van der Waals surface area contributed by atoms with E-state index in [0.29, 0.717) is 21.5 Å². The zero-order chi connectivity index (χ0) is 12.5. The molecule has 1 rings (SSSR count). The molecule has 16 heavy (non-hydrogen) atoms.